The van der Waals surface area contributed by atoms with Gasteiger partial charge in [-0.2, -0.15) is 0 Å². The van der Waals surface area contributed by atoms with Crippen molar-refractivity contribution in [2.45, 2.75) is 13.2 Å². The number of nitrogens with two attached hydrogens (primary N) is 1. The molecule has 76 valence electrons. The Bertz CT molecular complexity index is 287. The fourth-order valence-corrected chi connectivity index (χ4v) is 1.03. The minimum Gasteiger partial charge on any atom is -0.469 e. The zero-order chi connectivity index (χ0) is 10.4. The van der Waals surface area contributed by atoms with Gasteiger partial charge in [0.05, 0.1) is 0 Å². The second-order valence-electron chi connectivity index (χ2n) is 2.86. The summed E-state index contributed by atoms with van der Waals surface area (Å²) in [5, 5.41) is 2.59. The highest BCUT2D eigenvalue weighted by Crippen LogP contribution is 2.09. The van der Waals surface area contributed by atoms with Crippen LogP contribution in [0, 0.1) is 0 Å². The van der Waals surface area contributed by atoms with E-state index in [1.807, 2.05) is 30.3 Å². The van der Waals surface area contributed by atoms with Gasteiger partial charge in [-0.15, -0.1) is 0 Å². The van der Waals surface area contributed by atoms with Gasteiger partial charge in [-0.25, -0.2) is 0 Å². The molecule has 0 saturated carbocycles. The van der Waals surface area contributed by atoms with E-state index in [9.17, 15) is 4.79 Å². The standard InChI is InChI=1S/C10H14N2O2/c1-8(13)12-10(7-11)14-9-5-3-2-4-6-9/h2-6,10H,7,11H2,1H3,(H,12,13). The van der Waals surface area contributed by atoms with Gasteiger partial charge in [-0.1, -0.05) is 18.2 Å². The molecule has 4 nitrogen and oxygen atoms in total. The summed E-state index contributed by atoms with van der Waals surface area (Å²) in [4.78, 5) is 10.8. The first-order chi connectivity index (χ1) is 6.72. The lowest BCUT2D eigenvalue weighted by atomic mass is 10.3. The number of rotatable bonds is 4. The van der Waals surface area contributed by atoms with E-state index < -0.39 is 6.23 Å². The number of carbonyl (C=O) groups excluding carboxylic acids is 1. The van der Waals surface area contributed by atoms with E-state index in [0.29, 0.717) is 5.75 Å². The molecule has 1 aromatic rings. The van der Waals surface area contributed by atoms with Crippen LogP contribution in [0.5, 0.6) is 5.75 Å². The Morgan fingerprint density at radius 2 is 2.14 bits per heavy atom. The highest BCUT2D eigenvalue weighted by molar-refractivity contribution is 5.73. The monoisotopic (exact) mass is 194 g/mol. The van der Waals surface area contributed by atoms with Crippen LogP contribution in [-0.2, 0) is 4.79 Å². The summed E-state index contributed by atoms with van der Waals surface area (Å²) in [6.07, 6.45) is -0.463. The van der Waals surface area contributed by atoms with Crippen LogP contribution < -0.4 is 15.8 Å². The number of carbonyl (C=O) groups is 1. The van der Waals surface area contributed by atoms with E-state index in [1.165, 1.54) is 6.92 Å². The van der Waals surface area contributed by atoms with Crippen molar-refractivity contribution in [2.24, 2.45) is 5.73 Å². The summed E-state index contributed by atoms with van der Waals surface area (Å²) in [7, 11) is 0. The molecule has 0 bridgehead atoms. The summed E-state index contributed by atoms with van der Waals surface area (Å²) in [6, 6.07) is 9.23. The molecule has 0 fully saturated rings. The minimum absolute atomic E-state index is 0.156. The molecule has 0 radical (unpaired) electrons. The minimum atomic E-state index is -0.463. The van der Waals surface area contributed by atoms with E-state index >= 15 is 0 Å². The fourth-order valence-electron chi connectivity index (χ4n) is 1.03. The third-order valence-electron chi connectivity index (χ3n) is 1.60. The molecular formula is C10H14N2O2. The topological polar surface area (TPSA) is 64.4 Å². The van der Waals surface area contributed by atoms with Gasteiger partial charge in [0.1, 0.15) is 5.75 Å². The largest absolute Gasteiger partial charge is 0.469 e. The molecule has 4 heteroatoms. The SMILES string of the molecule is CC(=O)NC(CN)Oc1ccccc1. The van der Waals surface area contributed by atoms with Crippen molar-refractivity contribution in [3.8, 4) is 5.75 Å². The molecule has 0 aliphatic carbocycles. The van der Waals surface area contributed by atoms with E-state index in [4.69, 9.17) is 10.5 Å². The Labute approximate surface area is 83.1 Å². The van der Waals surface area contributed by atoms with Gasteiger partial charge in [0.25, 0.3) is 0 Å². The molecule has 0 spiro atoms. The fraction of sp³-hybridized carbons (Fsp3) is 0.300. The second-order valence-corrected chi connectivity index (χ2v) is 2.86. The Hall–Kier alpha value is -1.55. The third kappa shape index (κ3) is 3.45. The van der Waals surface area contributed by atoms with E-state index in [0.717, 1.165) is 0 Å². The molecule has 0 saturated heterocycles. The smallest absolute Gasteiger partial charge is 0.219 e. The Morgan fingerprint density at radius 1 is 1.50 bits per heavy atom. The highest BCUT2D eigenvalue weighted by atomic mass is 16.5. The first-order valence-corrected chi connectivity index (χ1v) is 4.41. The number of hydrogen-bond donors (Lipinski definition) is 2. The van der Waals surface area contributed by atoms with Crippen LogP contribution in [0.15, 0.2) is 30.3 Å². The third-order valence-corrected chi connectivity index (χ3v) is 1.60. The van der Waals surface area contributed by atoms with Crippen molar-refractivity contribution in [1.82, 2.24) is 5.32 Å². The van der Waals surface area contributed by atoms with Crippen LogP contribution in [0.3, 0.4) is 0 Å². The average Bonchev–Trinajstić information content (AvgIpc) is 2.17. The Morgan fingerprint density at radius 3 is 2.64 bits per heavy atom. The zero-order valence-corrected chi connectivity index (χ0v) is 8.07. The maximum atomic E-state index is 10.8. The van der Waals surface area contributed by atoms with Crippen molar-refractivity contribution in [1.29, 1.82) is 0 Å². The van der Waals surface area contributed by atoms with Crippen LogP contribution in [0.1, 0.15) is 6.92 Å². The highest BCUT2D eigenvalue weighted by Gasteiger charge is 2.08. The lowest BCUT2D eigenvalue weighted by molar-refractivity contribution is -0.121. The molecule has 0 heterocycles. The molecule has 0 aliphatic rings. The Kier molecular flexibility index (Phi) is 3.94. The molecule has 3 N–H and O–H groups in total. The van der Waals surface area contributed by atoms with Crippen molar-refractivity contribution in [3.63, 3.8) is 0 Å². The molecule has 14 heavy (non-hydrogen) atoms. The normalized spacial score (nSPS) is 11.9. The van der Waals surface area contributed by atoms with Gasteiger partial charge >= 0.3 is 0 Å². The number of benzene rings is 1. The number of ether oxygens (including phenoxy) is 1. The molecule has 1 atom stereocenters. The summed E-state index contributed by atoms with van der Waals surface area (Å²) in [5.74, 6) is 0.535. The van der Waals surface area contributed by atoms with Gasteiger partial charge in [-0.3, -0.25) is 4.79 Å². The Balaban J connectivity index is 2.53. The summed E-state index contributed by atoms with van der Waals surface area (Å²) in [5.41, 5.74) is 5.43. The molecule has 1 unspecified atom stereocenters. The summed E-state index contributed by atoms with van der Waals surface area (Å²) >= 11 is 0. The van der Waals surface area contributed by atoms with Gasteiger partial charge < -0.3 is 15.8 Å². The number of para-hydroxylation sites is 1. The van der Waals surface area contributed by atoms with Crippen molar-refractivity contribution in [2.75, 3.05) is 6.54 Å². The van der Waals surface area contributed by atoms with Crippen molar-refractivity contribution < 1.29 is 9.53 Å². The summed E-state index contributed by atoms with van der Waals surface area (Å²) in [6.45, 7) is 1.67. The number of amides is 1. The maximum absolute atomic E-state index is 10.8. The molecule has 1 amide bonds. The van der Waals surface area contributed by atoms with E-state index in [1.54, 1.807) is 0 Å². The first kappa shape index (κ1) is 10.5. The molecule has 1 aromatic carbocycles. The van der Waals surface area contributed by atoms with E-state index in [-0.39, 0.29) is 12.5 Å². The molecule has 1 rings (SSSR count). The van der Waals surface area contributed by atoms with Crippen LogP contribution in [-0.4, -0.2) is 18.7 Å². The van der Waals surface area contributed by atoms with Crippen LogP contribution in [0.2, 0.25) is 0 Å². The zero-order valence-electron chi connectivity index (χ0n) is 8.07. The molecule has 0 aliphatic heterocycles. The van der Waals surface area contributed by atoms with Gasteiger partial charge in [0.2, 0.25) is 5.91 Å². The van der Waals surface area contributed by atoms with Gasteiger partial charge in [0, 0.05) is 13.5 Å². The van der Waals surface area contributed by atoms with Gasteiger partial charge in [0.15, 0.2) is 6.23 Å². The number of nitrogens with one attached hydrogen (secondary N) is 1. The number of hydrogen-bond acceptors (Lipinski definition) is 3. The molecule has 0 aromatic heterocycles. The van der Waals surface area contributed by atoms with Crippen molar-refractivity contribution >= 4 is 5.91 Å². The van der Waals surface area contributed by atoms with Crippen LogP contribution in [0.4, 0.5) is 0 Å². The van der Waals surface area contributed by atoms with E-state index in [2.05, 4.69) is 5.32 Å². The predicted octanol–water partition coefficient (Wildman–Crippen LogP) is 0.486. The quantitative estimate of drug-likeness (QED) is 0.685. The lowest BCUT2D eigenvalue weighted by Gasteiger charge is -2.17. The van der Waals surface area contributed by atoms with Crippen LogP contribution >= 0.6 is 0 Å². The van der Waals surface area contributed by atoms with Crippen LogP contribution in [0.25, 0.3) is 0 Å². The molecular weight excluding hydrogens is 180 g/mol. The first-order valence-electron chi connectivity index (χ1n) is 4.41. The summed E-state index contributed by atoms with van der Waals surface area (Å²) < 4.78 is 5.42. The van der Waals surface area contributed by atoms with Gasteiger partial charge in [-0.05, 0) is 12.1 Å². The average molecular weight is 194 g/mol. The maximum Gasteiger partial charge on any atom is 0.219 e. The van der Waals surface area contributed by atoms with Crippen molar-refractivity contribution in [3.05, 3.63) is 30.3 Å². The predicted molar refractivity (Wildman–Crippen MR) is 53.7 cm³/mol. The second kappa shape index (κ2) is 5.24. The lowest BCUT2D eigenvalue weighted by Crippen LogP contribution is -2.43.